The van der Waals surface area contributed by atoms with Gasteiger partial charge in [0, 0.05) is 16.8 Å². The summed E-state index contributed by atoms with van der Waals surface area (Å²) in [6.07, 6.45) is 0. The van der Waals surface area contributed by atoms with Crippen LogP contribution in [0.2, 0.25) is 0 Å². The van der Waals surface area contributed by atoms with Crippen LogP contribution in [-0.4, -0.2) is 33.3 Å². The minimum atomic E-state index is -4.28. The fourth-order valence-electron chi connectivity index (χ4n) is 4.82. The van der Waals surface area contributed by atoms with Gasteiger partial charge in [-0.3, -0.25) is 9.59 Å². The normalized spacial score (nSPS) is 17.4. The molecule has 1 aliphatic heterocycles. The Morgan fingerprint density at radius 1 is 0.950 bits per heavy atom. The highest BCUT2D eigenvalue weighted by molar-refractivity contribution is 7.89. The van der Waals surface area contributed by atoms with Crippen LogP contribution in [0.3, 0.4) is 0 Å². The number of halogens is 1. The number of nitrogens with one attached hydrogen (secondary N) is 1. The number of ketones is 1. The number of rotatable bonds is 9. The third-order valence-corrected chi connectivity index (χ3v) is 8.97. The number of hydrogen-bond acceptors (Lipinski definition) is 5. The second kappa shape index (κ2) is 10.9. The van der Waals surface area contributed by atoms with E-state index in [1.807, 2.05) is 37.3 Å². The minimum Gasteiger partial charge on any atom is -0.497 e. The van der Waals surface area contributed by atoms with Crippen LogP contribution in [-0.2, 0) is 26.2 Å². The van der Waals surface area contributed by atoms with E-state index in [0.717, 1.165) is 11.1 Å². The number of sulfonamides is 1. The molecule has 0 spiro atoms. The topological polar surface area (TPSA) is 92.8 Å². The molecule has 40 heavy (non-hydrogen) atoms. The van der Waals surface area contributed by atoms with Crippen LogP contribution in [0.15, 0.2) is 108 Å². The van der Waals surface area contributed by atoms with Crippen LogP contribution in [0.1, 0.15) is 27.0 Å². The molecule has 0 bridgehead atoms. The molecule has 0 saturated heterocycles. The van der Waals surface area contributed by atoms with Crippen molar-refractivity contribution >= 4 is 39.0 Å². The van der Waals surface area contributed by atoms with E-state index in [0.29, 0.717) is 11.4 Å². The summed E-state index contributed by atoms with van der Waals surface area (Å²) >= 11 is 7.28. The predicted octanol–water partition coefficient (Wildman–Crippen LogP) is 5.21. The maximum absolute atomic E-state index is 14.3. The first kappa shape index (κ1) is 27.6. The van der Waals surface area contributed by atoms with Gasteiger partial charge in [-0.25, -0.2) is 8.42 Å². The lowest BCUT2D eigenvalue weighted by Crippen LogP contribution is -2.56. The predicted molar refractivity (Wildman–Crippen MR) is 154 cm³/mol. The zero-order valence-electron chi connectivity index (χ0n) is 21.9. The van der Waals surface area contributed by atoms with Gasteiger partial charge in [-0.15, -0.1) is 11.6 Å². The average Bonchev–Trinajstić information content (AvgIpc) is 3.18. The number of benzene rings is 4. The van der Waals surface area contributed by atoms with E-state index >= 15 is 0 Å². The van der Waals surface area contributed by atoms with Crippen molar-refractivity contribution in [2.24, 2.45) is 0 Å². The molecule has 0 saturated carbocycles. The van der Waals surface area contributed by atoms with Gasteiger partial charge < -0.3 is 9.64 Å². The number of fused-ring (bicyclic) bond motifs is 1. The number of nitrogens with zero attached hydrogens (tertiary/aromatic N) is 1. The Morgan fingerprint density at radius 3 is 2.20 bits per heavy atom. The fourth-order valence-corrected chi connectivity index (χ4v) is 6.51. The molecule has 1 N–H and O–H groups in total. The minimum absolute atomic E-state index is 0.0540. The van der Waals surface area contributed by atoms with Crippen molar-refractivity contribution in [1.82, 2.24) is 4.72 Å². The van der Waals surface area contributed by atoms with Gasteiger partial charge in [0.2, 0.25) is 10.0 Å². The maximum atomic E-state index is 14.3. The van der Waals surface area contributed by atoms with Crippen molar-refractivity contribution in [3.63, 3.8) is 0 Å². The second-order valence-corrected chi connectivity index (χ2v) is 11.9. The molecule has 1 heterocycles. The largest absolute Gasteiger partial charge is 0.497 e. The summed E-state index contributed by atoms with van der Waals surface area (Å²) < 4.78 is 35.2. The number of aryl methyl sites for hydroxylation is 1. The Labute approximate surface area is 238 Å². The molecule has 5 rings (SSSR count). The molecular formula is C31H27ClN2O5S. The van der Waals surface area contributed by atoms with Crippen LogP contribution in [0.5, 0.6) is 5.75 Å². The first-order valence-electron chi connectivity index (χ1n) is 12.6. The molecule has 1 aliphatic rings. The SMILES string of the molecule is COc1ccc2c(c1)[C@@](Cl)(C(NS(=O)(=O)c1ccc(C)cc1)C(=O)c1ccccc1)C(=O)N2Cc1ccccc1. The van der Waals surface area contributed by atoms with Crippen molar-refractivity contribution in [3.8, 4) is 5.75 Å². The molecule has 2 atom stereocenters. The van der Waals surface area contributed by atoms with Crippen molar-refractivity contribution < 1.29 is 22.7 Å². The number of anilines is 1. The van der Waals surface area contributed by atoms with Gasteiger partial charge in [-0.05, 0) is 42.8 Å². The molecular weight excluding hydrogens is 548 g/mol. The third kappa shape index (κ3) is 5.01. The molecule has 0 aromatic heterocycles. The molecule has 204 valence electrons. The third-order valence-electron chi connectivity index (χ3n) is 6.95. The molecule has 9 heteroatoms. The van der Waals surface area contributed by atoms with Crippen molar-refractivity contribution in [2.75, 3.05) is 12.0 Å². The summed E-state index contributed by atoms with van der Waals surface area (Å²) in [5.74, 6) is -0.859. The zero-order chi connectivity index (χ0) is 28.5. The number of carbonyl (C=O) groups is 2. The fraction of sp³-hybridized carbons (Fsp3) is 0.161. The number of methoxy groups -OCH3 is 1. The lowest BCUT2D eigenvalue weighted by molar-refractivity contribution is -0.121. The first-order chi connectivity index (χ1) is 19.1. The molecule has 1 amide bonds. The Bertz CT molecular complexity index is 1660. The van der Waals surface area contributed by atoms with Crippen LogP contribution >= 0.6 is 11.6 Å². The van der Waals surface area contributed by atoms with Crippen molar-refractivity contribution in [1.29, 1.82) is 0 Å². The summed E-state index contributed by atoms with van der Waals surface area (Å²) in [5, 5.41) is 0. The molecule has 4 aromatic rings. The molecule has 4 aromatic carbocycles. The lowest BCUT2D eigenvalue weighted by atomic mass is 9.87. The zero-order valence-corrected chi connectivity index (χ0v) is 23.4. The van der Waals surface area contributed by atoms with E-state index in [1.54, 1.807) is 60.7 Å². The maximum Gasteiger partial charge on any atom is 0.255 e. The lowest BCUT2D eigenvalue weighted by Gasteiger charge is -2.31. The van der Waals surface area contributed by atoms with Gasteiger partial charge >= 0.3 is 0 Å². The summed E-state index contributed by atoms with van der Waals surface area (Å²) in [4.78, 5) is 27.7. The highest BCUT2D eigenvalue weighted by atomic mass is 35.5. The van der Waals surface area contributed by atoms with Gasteiger partial charge in [-0.2, -0.15) is 4.72 Å². The Morgan fingerprint density at radius 2 is 1.57 bits per heavy atom. The quantitative estimate of drug-likeness (QED) is 0.219. The summed E-state index contributed by atoms with van der Waals surface area (Å²) in [6.45, 7) is 2.01. The van der Waals surface area contributed by atoms with E-state index in [9.17, 15) is 18.0 Å². The van der Waals surface area contributed by atoms with Crippen LogP contribution in [0.4, 0.5) is 5.69 Å². The van der Waals surface area contributed by atoms with Crippen molar-refractivity contribution in [2.45, 2.75) is 29.3 Å². The monoisotopic (exact) mass is 574 g/mol. The van der Waals surface area contributed by atoms with Crippen LogP contribution in [0, 0.1) is 6.92 Å². The van der Waals surface area contributed by atoms with Gasteiger partial charge in [0.1, 0.15) is 11.8 Å². The second-order valence-electron chi connectivity index (χ2n) is 9.57. The van der Waals surface area contributed by atoms with Gasteiger partial charge in [0.25, 0.3) is 5.91 Å². The number of carbonyl (C=O) groups excluding carboxylic acids is 2. The van der Waals surface area contributed by atoms with E-state index < -0.39 is 32.6 Å². The molecule has 7 nitrogen and oxygen atoms in total. The van der Waals surface area contributed by atoms with E-state index in [1.165, 1.54) is 24.1 Å². The Kier molecular flexibility index (Phi) is 7.51. The number of alkyl halides is 1. The van der Waals surface area contributed by atoms with Crippen LogP contribution in [0.25, 0.3) is 0 Å². The number of Topliss-reactive ketones (excluding diaryl/α,β-unsaturated/α-hetero) is 1. The molecule has 1 unspecified atom stereocenters. The van der Waals surface area contributed by atoms with Crippen molar-refractivity contribution in [3.05, 3.63) is 125 Å². The van der Waals surface area contributed by atoms with E-state index in [4.69, 9.17) is 16.3 Å². The number of hydrogen-bond donors (Lipinski definition) is 1. The summed E-state index contributed by atoms with van der Waals surface area (Å²) in [7, 11) is -2.81. The standard InChI is InChI=1S/C31H27ClN2O5S/c1-21-13-16-25(17-14-21)40(37,38)33-29(28(35)23-11-7-4-8-12-23)31(32)26-19-24(39-2)15-18-27(26)34(30(31)36)20-22-9-5-3-6-10-22/h3-19,29,33H,20H2,1-2H3/t29?,31-/m1/s1. The molecule has 0 aliphatic carbocycles. The van der Waals surface area contributed by atoms with Gasteiger partial charge in [0.15, 0.2) is 10.7 Å². The highest BCUT2D eigenvalue weighted by Crippen LogP contribution is 2.49. The smallest absolute Gasteiger partial charge is 0.255 e. The average molecular weight is 575 g/mol. The number of amides is 1. The summed E-state index contributed by atoms with van der Waals surface area (Å²) in [6, 6.07) is 27.0. The van der Waals surface area contributed by atoms with Gasteiger partial charge in [0.05, 0.1) is 18.6 Å². The van der Waals surface area contributed by atoms with E-state index in [2.05, 4.69) is 4.72 Å². The first-order valence-corrected chi connectivity index (χ1v) is 14.4. The highest BCUT2D eigenvalue weighted by Gasteiger charge is 2.58. The molecule has 0 fully saturated rings. The Balaban J connectivity index is 1.67. The molecule has 0 radical (unpaired) electrons. The van der Waals surface area contributed by atoms with Gasteiger partial charge in [-0.1, -0.05) is 78.4 Å². The Hall–Kier alpha value is -3.98. The summed E-state index contributed by atoms with van der Waals surface area (Å²) in [5.41, 5.74) is 2.65. The van der Waals surface area contributed by atoms with Crippen LogP contribution < -0.4 is 14.4 Å². The van der Waals surface area contributed by atoms with E-state index in [-0.39, 0.29) is 22.6 Å². The number of ether oxygens (including phenoxy) is 1.